The fraction of sp³-hybridized carbons (Fsp3) is 0.214. The van der Waals surface area contributed by atoms with E-state index in [0.717, 1.165) is 18.3 Å². The second-order valence-corrected chi connectivity index (χ2v) is 4.19. The molecule has 0 aliphatic carbocycles. The summed E-state index contributed by atoms with van der Waals surface area (Å²) < 4.78 is 53.4. The molecule has 0 spiro atoms. The minimum atomic E-state index is -1.54. The Morgan fingerprint density at radius 3 is 2.30 bits per heavy atom. The van der Waals surface area contributed by atoms with Crippen LogP contribution in [0, 0.1) is 23.3 Å². The fourth-order valence-corrected chi connectivity index (χ4v) is 1.97. The van der Waals surface area contributed by atoms with Crippen molar-refractivity contribution in [1.29, 1.82) is 0 Å². The third-order valence-electron chi connectivity index (χ3n) is 2.86. The lowest BCUT2D eigenvalue weighted by molar-refractivity contribution is 0.442. The summed E-state index contributed by atoms with van der Waals surface area (Å²) in [6.45, 7) is 2.20. The van der Waals surface area contributed by atoms with Crippen LogP contribution in [0.3, 0.4) is 0 Å². The van der Waals surface area contributed by atoms with Gasteiger partial charge in [-0.1, -0.05) is 6.92 Å². The van der Waals surface area contributed by atoms with Crippen LogP contribution in [0.4, 0.5) is 17.6 Å². The molecule has 0 fully saturated rings. The minimum Gasteiger partial charge on any atom is -0.306 e. The van der Waals surface area contributed by atoms with Gasteiger partial charge in [-0.3, -0.25) is 4.98 Å². The Labute approximate surface area is 113 Å². The molecule has 1 atom stereocenters. The van der Waals surface area contributed by atoms with Gasteiger partial charge in [-0.15, -0.1) is 0 Å². The Hall–Kier alpha value is -1.95. The predicted octanol–water partition coefficient (Wildman–Crippen LogP) is 3.34. The van der Waals surface area contributed by atoms with Crippen LogP contribution in [0.5, 0.6) is 0 Å². The monoisotopic (exact) mass is 284 g/mol. The van der Waals surface area contributed by atoms with E-state index in [1.807, 2.05) is 0 Å². The van der Waals surface area contributed by atoms with Gasteiger partial charge in [0.25, 0.3) is 0 Å². The second-order valence-electron chi connectivity index (χ2n) is 4.19. The number of nitrogens with one attached hydrogen (secondary N) is 1. The van der Waals surface area contributed by atoms with Crippen LogP contribution < -0.4 is 5.32 Å². The minimum absolute atomic E-state index is 0.105. The van der Waals surface area contributed by atoms with Gasteiger partial charge in [0, 0.05) is 11.8 Å². The number of benzene rings is 1. The van der Waals surface area contributed by atoms with E-state index < -0.39 is 29.3 Å². The first kappa shape index (κ1) is 14.5. The summed E-state index contributed by atoms with van der Waals surface area (Å²) >= 11 is 0. The average Bonchev–Trinajstić information content (AvgIpc) is 2.43. The van der Waals surface area contributed by atoms with Crippen molar-refractivity contribution < 1.29 is 17.6 Å². The summed E-state index contributed by atoms with van der Waals surface area (Å²) in [5.74, 6) is -4.77. The summed E-state index contributed by atoms with van der Waals surface area (Å²) in [5.41, 5.74) is 0.292. The van der Waals surface area contributed by atoms with E-state index in [4.69, 9.17) is 0 Å². The molecule has 0 radical (unpaired) electrons. The number of aromatic nitrogens is 1. The number of pyridine rings is 1. The van der Waals surface area contributed by atoms with Crippen molar-refractivity contribution in [3.8, 4) is 0 Å². The maximum Gasteiger partial charge on any atom is 0.194 e. The molecule has 0 bridgehead atoms. The molecule has 1 N–H and O–H groups in total. The van der Waals surface area contributed by atoms with Crippen LogP contribution in [0.25, 0.3) is 0 Å². The number of halogens is 4. The van der Waals surface area contributed by atoms with Crippen LogP contribution in [0.1, 0.15) is 24.1 Å². The molecule has 1 unspecified atom stereocenters. The van der Waals surface area contributed by atoms with Gasteiger partial charge in [-0.2, -0.15) is 0 Å². The first-order valence-electron chi connectivity index (χ1n) is 6.01. The van der Waals surface area contributed by atoms with Crippen molar-refractivity contribution in [2.75, 3.05) is 6.54 Å². The number of rotatable bonds is 4. The Balaban J connectivity index is 2.52. The van der Waals surface area contributed by atoms with Gasteiger partial charge in [0.1, 0.15) is 5.82 Å². The van der Waals surface area contributed by atoms with Crippen LogP contribution >= 0.6 is 0 Å². The van der Waals surface area contributed by atoms with E-state index in [9.17, 15) is 17.6 Å². The zero-order valence-corrected chi connectivity index (χ0v) is 10.6. The van der Waals surface area contributed by atoms with Gasteiger partial charge in [0.15, 0.2) is 17.5 Å². The van der Waals surface area contributed by atoms with Crippen molar-refractivity contribution in [3.05, 3.63) is 65.0 Å². The molecule has 0 amide bonds. The maximum atomic E-state index is 13.8. The summed E-state index contributed by atoms with van der Waals surface area (Å²) in [7, 11) is 0. The standard InChI is InChI=1S/C14H12F4N2/c1-2-20-14(9-3-4-19-7-12(9)17)8-5-10(15)13(18)11(16)6-8/h3-7,14,20H,2H2,1H3. The predicted molar refractivity (Wildman–Crippen MR) is 66.0 cm³/mol. The van der Waals surface area contributed by atoms with Crippen LogP contribution in [-0.4, -0.2) is 11.5 Å². The third-order valence-corrected chi connectivity index (χ3v) is 2.86. The maximum absolute atomic E-state index is 13.8. The molecule has 1 aromatic heterocycles. The molecule has 0 saturated carbocycles. The summed E-state index contributed by atoms with van der Waals surface area (Å²) in [5, 5.41) is 2.91. The van der Waals surface area contributed by atoms with Crippen LogP contribution in [0.2, 0.25) is 0 Å². The molecule has 2 rings (SSSR count). The largest absolute Gasteiger partial charge is 0.306 e. The Bertz CT molecular complexity index is 593. The molecule has 20 heavy (non-hydrogen) atoms. The van der Waals surface area contributed by atoms with E-state index in [0.29, 0.717) is 6.54 Å². The molecule has 0 saturated heterocycles. The van der Waals surface area contributed by atoms with Gasteiger partial charge in [0.05, 0.1) is 12.2 Å². The number of hydrogen-bond donors (Lipinski definition) is 1. The molecule has 2 nitrogen and oxygen atoms in total. The zero-order chi connectivity index (χ0) is 14.7. The fourth-order valence-electron chi connectivity index (χ4n) is 1.97. The quantitative estimate of drug-likeness (QED) is 0.688. The van der Waals surface area contributed by atoms with Crippen LogP contribution in [0.15, 0.2) is 30.6 Å². The molecule has 6 heteroatoms. The van der Waals surface area contributed by atoms with Crippen molar-refractivity contribution in [2.45, 2.75) is 13.0 Å². The number of nitrogens with zero attached hydrogens (tertiary/aromatic N) is 1. The summed E-state index contributed by atoms with van der Waals surface area (Å²) in [6.07, 6.45) is 2.38. The van der Waals surface area contributed by atoms with E-state index in [-0.39, 0.29) is 11.1 Å². The average molecular weight is 284 g/mol. The molecule has 1 heterocycles. The van der Waals surface area contributed by atoms with Crippen molar-refractivity contribution in [1.82, 2.24) is 10.3 Å². The SMILES string of the molecule is CCNC(c1cc(F)c(F)c(F)c1)c1ccncc1F. The van der Waals surface area contributed by atoms with Gasteiger partial charge in [-0.05, 0) is 30.3 Å². The van der Waals surface area contributed by atoms with Crippen LogP contribution in [-0.2, 0) is 0 Å². The third kappa shape index (κ3) is 2.80. The molecular weight excluding hydrogens is 272 g/mol. The Morgan fingerprint density at radius 2 is 1.75 bits per heavy atom. The van der Waals surface area contributed by atoms with Crippen molar-refractivity contribution in [3.63, 3.8) is 0 Å². The number of hydrogen-bond acceptors (Lipinski definition) is 2. The van der Waals surface area contributed by atoms with E-state index in [1.54, 1.807) is 6.92 Å². The summed E-state index contributed by atoms with van der Waals surface area (Å²) in [6, 6.07) is 2.33. The topological polar surface area (TPSA) is 24.9 Å². The molecule has 0 aliphatic heterocycles. The Kier molecular flexibility index (Phi) is 4.34. The smallest absolute Gasteiger partial charge is 0.194 e. The highest BCUT2D eigenvalue weighted by Crippen LogP contribution is 2.26. The molecular formula is C14H12F4N2. The lowest BCUT2D eigenvalue weighted by Crippen LogP contribution is -2.23. The molecule has 0 aliphatic rings. The molecule has 1 aromatic carbocycles. The summed E-state index contributed by atoms with van der Waals surface area (Å²) in [4.78, 5) is 3.62. The molecule has 2 aromatic rings. The van der Waals surface area contributed by atoms with Gasteiger partial charge in [-0.25, -0.2) is 17.6 Å². The lowest BCUT2D eigenvalue weighted by atomic mass is 9.98. The van der Waals surface area contributed by atoms with Gasteiger partial charge in [0.2, 0.25) is 0 Å². The highest BCUT2D eigenvalue weighted by atomic mass is 19.2. The molecule has 106 valence electrons. The van der Waals surface area contributed by atoms with Gasteiger partial charge < -0.3 is 5.32 Å². The highest BCUT2D eigenvalue weighted by Gasteiger charge is 2.20. The first-order valence-corrected chi connectivity index (χ1v) is 6.01. The lowest BCUT2D eigenvalue weighted by Gasteiger charge is -2.19. The van der Waals surface area contributed by atoms with Crippen molar-refractivity contribution >= 4 is 0 Å². The van der Waals surface area contributed by atoms with E-state index >= 15 is 0 Å². The second kappa shape index (κ2) is 6.00. The Morgan fingerprint density at radius 1 is 1.10 bits per heavy atom. The zero-order valence-electron chi connectivity index (χ0n) is 10.6. The highest BCUT2D eigenvalue weighted by molar-refractivity contribution is 5.32. The normalized spacial score (nSPS) is 12.4. The first-order chi connectivity index (χ1) is 9.54. The van der Waals surface area contributed by atoms with Crippen molar-refractivity contribution in [2.24, 2.45) is 0 Å². The van der Waals surface area contributed by atoms with E-state index in [1.165, 1.54) is 12.3 Å². The van der Waals surface area contributed by atoms with Gasteiger partial charge >= 0.3 is 0 Å². The van der Waals surface area contributed by atoms with E-state index in [2.05, 4.69) is 10.3 Å².